The first-order valence-corrected chi connectivity index (χ1v) is 5.69. The third kappa shape index (κ3) is 2.41. The summed E-state index contributed by atoms with van der Waals surface area (Å²) in [5, 5.41) is 7.62. The van der Waals surface area contributed by atoms with Crippen LogP contribution in [0.2, 0.25) is 0 Å². The average molecular weight is 230 g/mol. The fourth-order valence-corrected chi connectivity index (χ4v) is 1.97. The molecule has 1 atom stereocenters. The molecule has 90 valence electrons. The van der Waals surface area contributed by atoms with Crippen LogP contribution in [0.5, 0.6) is 0 Å². The van der Waals surface area contributed by atoms with E-state index < -0.39 is 0 Å². The fraction of sp³-hybridized carbons (Fsp3) is 0.308. The highest BCUT2D eigenvalue weighted by atomic mass is 15.3. The van der Waals surface area contributed by atoms with Gasteiger partial charge in [-0.05, 0) is 25.0 Å². The molecule has 2 aromatic rings. The Hall–Kier alpha value is -1.97. The lowest BCUT2D eigenvalue weighted by Gasteiger charge is -2.16. The Kier molecular flexibility index (Phi) is 3.04. The Morgan fingerprint density at radius 1 is 1.35 bits per heavy atom. The number of aryl methyl sites for hydroxylation is 2. The van der Waals surface area contributed by atoms with Gasteiger partial charge in [0.05, 0.1) is 11.7 Å². The number of nitrogen functional groups attached to an aromatic ring is 1. The second-order valence-corrected chi connectivity index (χ2v) is 4.33. The topological polar surface area (TPSA) is 55.9 Å². The first-order valence-electron chi connectivity index (χ1n) is 5.69. The second kappa shape index (κ2) is 4.49. The molecule has 0 aliphatic carbocycles. The third-order valence-electron chi connectivity index (χ3n) is 2.87. The number of aromatic nitrogens is 2. The number of nitrogens with zero attached hydrogens (tertiary/aromatic N) is 2. The smallest absolute Gasteiger partial charge is 0.171 e. The van der Waals surface area contributed by atoms with E-state index in [0.717, 1.165) is 5.82 Å². The van der Waals surface area contributed by atoms with Gasteiger partial charge in [0, 0.05) is 13.2 Å². The van der Waals surface area contributed by atoms with Crippen LogP contribution in [0, 0.1) is 6.92 Å². The zero-order chi connectivity index (χ0) is 12.4. The van der Waals surface area contributed by atoms with Crippen LogP contribution in [0.4, 0.5) is 11.5 Å². The van der Waals surface area contributed by atoms with Gasteiger partial charge in [-0.3, -0.25) is 4.68 Å². The zero-order valence-electron chi connectivity index (χ0n) is 10.4. The van der Waals surface area contributed by atoms with E-state index in [1.165, 1.54) is 11.1 Å². The highest BCUT2D eigenvalue weighted by Crippen LogP contribution is 2.24. The van der Waals surface area contributed by atoms with E-state index in [1.807, 2.05) is 19.2 Å². The number of nitrogens with one attached hydrogen (secondary N) is 1. The molecular weight excluding hydrogens is 212 g/mol. The second-order valence-electron chi connectivity index (χ2n) is 4.33. The molecule has 0 saturated heterocycles. The summed E-state index contributed by atoms with van der Waals surface area (Å²) in [6, 6.07) is 8.50. The lowest BCUT2D eigenvalue weighted by molar-refractivity contribution is 0.759. The van der Waals surface area contributed by atoms with Crippen molar-refractivity contribution in [2.75, 3.05) is 11.1 Å². The Balaban J connectivity index is 2.20. The molecule has 1 heterocycles. The maximum Gasteiger partial charge on any atom is 0.171 e. The van der Waals surface area contributed by atoms with E-state index in [9.17, 15) is 0 Å². The van der Waals surface area contributed by atoms with E-state index in [2.05, 4.69) is 36.4 Å². The number of hydrogen-bond donors (Lipinski definition) is 2. The molecule has 0 saturated carbocycles. The van der Waals surface area contributed by atoms with E-state index >= 15 is 0 Å². The van der Waals surface area contributed by atoms with E-state index in [0.29, 0.717) is 5.69 Å². The predicted molar refractivity (Wildman–Crippen MR) is 70.8 cm³/mol. The van der Waals surface area contributed by atoms with Crippen molar-refractivity contribution < 1.29 is 0 Å². The molecule has 1 unspecified atom stereocenters. The van der Waals surface area contributed by atoms with E-state index in [1.54, 1.807) is 10.9 Å². The summed E-state index contributed by atoms with van der Waals surface area (Å²) in [6.45, 7) is 4.21. The molecule has 0 bridgehead atoms. The molecule has 0 aliphatic heterocycles. The summed E-state index contributed by atoms with van der Waals surface area (Å²) < 4.78 is 1.71. The third-order valence-corrected chi connectivity index (χ3v) is 2.87. The molecule has 0 fully saturated rings. The van der Waals surface area contributed by atoms with Crippen molar-refractivity contribution in [3.8, 4) is 0 Å². The van der Waals surface area contributed by atoms with Gasteiger partial charge < -0.3 is 11.1 Å². The Labute approximate surface area is 101 Å². The van der Waals surface area contributed by atoms with Crippen LogP contribution in [0.1, 0.15) is 24.1 Å². The molecule has 1 aromatic carbocycles. The number of rotatable bonds is 3. The summed E-state index contributed by atoms with van der Waals surface area (Å²) in [4.78, 5) is 0. The molecule has 0 radical (unpaired) electrons. The summed E-state index contributed by atoms with van der Waals surface area (Å²) in [5.41, 5.74) is 9.06. The normalized spacial score (nSPS) is 12.4. The molecule has 2 rings (SSSR count). The predicted octanol–water partition coefficient (Wildman–Crippen LogP) is 2.48. The molecule has 0 spiro atoms. The highest BCUT2D eigenvalue weighted by molar-refractivity contribution is 5.60. The van der Waals surface area contributed by atoms with Crippen molar-refractivity contribution in [1.29, 1.82) is 0 Å². The summed E-state index contributed by atoms with van der Waals surface area (Å²) in [6.07, 6.45) is 1.80. The van der Waals surface area contributed by atoms with Gasteiger partial charge in [0.15, 0.2) is 5.82 Å². The molecule has 17 heavy (non-hydrogen) atoms. The van der Waals surface area contributed by atoms with Gasteiger partial charge in [-0.15, -0.1) is 0 Å². The van der Waals surface area contributed by atoms with Gasteiger partial charge in [-0.2, -0.15) is 5.10 Å². The van der Waals surface area contributed by atoms with Gasteiger partial charge >= 0.3 is 0 Å². The quantitative estimate of drug-likeness (QED) is 0.851. The van der Waals surface area contributed by atoms with Crippen LogP contribution in [0.25, 0.3) is 0 Å². The minimum atomic E-state index is 0.188. The van der Waals surface area contributed by atoms with Crippen molar-refractivity contribution in [2.24, 2.45) is 7.05 Å². The summed E-state index contributed by atoms with van der Waals surface area (Å²) in [7, 11) is 1.86. The number of benzene rings is 1. The molecular formula is C13H18N4. The Morgan fingerprint density at radius 2 is 2.06 bits per heavy atom. The largest absolute Gasteiger partial charge is 0.394 e. The van der Waals surface area contributed by atoms with Gasteiger partial charge in [0.25, 0.3) is 0 Å². The number of anilines is 2. The standard InChI is InChI=1S/C13H18N4/c1-9-6-4-5-7-11(9)10(2)15-13-12(14)8-17(3)16-13/h4-8,10H,14H2,1-3H3,(H,15,16). The molecule has 3 N–H and O–H groups in total. The maximum absolute atomic E-state index is 5.86. The number of hydrogen-bond acceptors (Lipinski definition) is 3. The first kappa shape index (κ1) is 11.5. The zero-order valence-corrected chi connectivity index (χ0v) is 10.4. The summed E-state index contributed by atoms with van der Waals surface area (Å²) in [5.74, 6) is 0.739. The van der Waals surface area contributed by atoms with E-state index in [4.69, 9.17) is 5.73 Å². The monoisotopic (exact) mass is 230 g/mol. The van der Waals surface area contributed by atoms with Gasteiger partial charge in [-0.1, -0.05) is 24.3 Å². The van der Waals surface area contributed by atoms with Crippen LogP contribution in [0.3, 0.4) is 0 Å². The molecule has 1 aromatic heterocycles. The van der Waals surface area contributed by atoms with E-state index in [-0.39, 0.29) is 6.04 Å². The minimum Gasteiger partial charge on any atom is -0.394 e. The molecule has 0 amide bonds. The van der Waals surface area contributed by atoms with Crippen molar-refractivity contribution in [3.63, 3.8) is 0 Å². The van der Waals surface area contributed by atoms with Crippen LogP contribution in [0.15, 0.2) is 30.5 Å². The van der Waals surface area contributed by atoms with Gasteiger partial charge in [0.1, 0.15) is 0 Å². The minimum absolute atomic E-state index is 0.188. The van der Waals surface area contributed by atoms with Gasteiger partial charge in [0.2, 0.25) is 0 Å². The van der Waals surface area contributed by atoms with Crippen molar-refractivity contribution >= 4 is 11.5 Å². The fourth-order valence-electron chi connectivity index (χ4n) is 1.97. The van der Waals surface area contributed by atoms with Crippen LogP contribution >= 0.6 is 0 Å². The lowest BCUT2D eigenvalue weighted by atomic mass is 10.0. The van der Waals surface area contributed by atoms with Crippen LogP contribution in [-0.4, -0.2) is 9.78 Å². The Bertz CT molecular complexity index is 516. The summed E-state index contributed by atoms with van der Waals surface area (Å²) >= 11 is 0. The Morgan fingerprint density at radius 3 is 2.65 bits per heavy atom. The van der Waals surface area contributed by atoms with Crippen LogP contribution < -0.4 is 11.1 Å². The van der Waals surface area contributed by atoms with Crippen molar-refractivity contribution in [3.05, 3.63) is 41.6 Å². The van der Waals surface area contributed by atoms with Crippen molar-refractivity contribution in [2.45, 2.75) is 19.9 Å². The highest BCUT2D eigenvalue weighted by Gasteiger charge is 2.11. The molecule has 4 heteroatoms. The maximum atomic E-state index is 5.86. The average Bonchev–Trinajstić information content (AvgIpc) is 2.58. The molecule has 4 nitrogen and oxygen atoms in total. The van der Waals surface area contributed by atoms with Gasteiger partial charge in [-0.25, -0.2) is 0 Å². The number of nitrogens with two attached hydrogens (primary N) is 1. The molecule has 0 aliphatic rings. The van der Waals surface area contributed by atoms with Crippen LogP contribution in [-0.2, 0) is 7.05 Å². The SMILES string of the molecule is Cc1ccccc1C(C)Nc1nn(C)cc1N. The lowest BCUT2D eigenvalue weighted by Crippen LogP contribution is -2.09. The van der Waals surface area contributed by atoms with Crippen molar-refractivity contribution in [1.82, 2.24) is 9.78 Å². The first-order chi connectivity index (χ1) is 8.08.